The lowest BCUT2D eigenvalue weighted by Crippen LogP contribution is -2.61. The Morgan fingerprint density at radius 3 is 1.42 bits per heavy atom. The van der Waals surface area contributed by atoms with Crippen molar-refractivity contribution in [1.82, 2.24) is 0 Å². The summed E-state index contributed by atoms with van der Waals surface area (Å²) in [7, 11) is 0. The van der Waals surface area contributed by atoms with Gasteiger partial charge >= 0.3 is 23.9 Å². The Morgan fingerprint density at radius 2 is 0.915 bits per heavy atom. The second kappa shape index (κ2) is 46.7. The molecule has 1 heterocycles. The van der Waals surface area contributed by atoms with Gasteiger partial charge in [-0.1, -0.05) is 176 Å². The molecule has 0 aromatic heterocycles. The second-order valence-electron chi connectivity index (χ2n) is 18.1. The number of hydrogen-bond acceptors (Lipinski definition) is 11. The molecule has 6 atom stereocenters. The molecule has 0 bridgehead atoms. The van der Waals surface area contributed by atoms with E-state index in [-0.39, 0.29) is 25.9 Å². The number of allylic oxidation sites excluding steroid dienone is 16. The molecule has 12 nitrogen and oxygen atoms in total. The summed E-state index contributed by atoms with van der Waals surface area (Å²) in [4.78, 5) is 50.9. The summed E-state index contributed by atoms with van der Waals surface area (Å²) in [5, 5.41) is 31.4. The third kappa shape index (κ3) is 37.1. The maximum atomic E-state index is 13.0. The predicted octanol–water partition coefficient (Wildman–Crippen LogP) is 13.3. The van der Waals surface area contributed by atoms with Crippen molar-refractivity contribution in [2.75, 3.05) is 13.2 Å². The zero-order valence-corrected chi connectivity index (χ0v) is 43.9. The summed E-state index contributed by atoms with van der Waals surface area (Å²) in [6.45, 7) is 5.64. The van der Waals surface area contributed by atoms with Crippen LogP contribution in [0.2, 0.25) is 0 Å². The van der Waals surface area contributed by atoms with Crippen LogP contribution in [-0.2, 0) is 42.9 Å². The summed E-state index contributed by atoms with van der Waals surface area (Å²) in [6.07, 6.45) is 48.3. The summed E-state index contributed by atoms with van der Waals surface area (Å²) in [5.41, 5.74) is 0. The van der Waals surface area contributed by atoms with Crippen molar-refractivity contribution in [2.45, 2.75) is 237 Å². The van der Waals surface area contributed by atoms with Gasteiger partial charge in [-0.25, -0.2) is 4.79 Å². The molecule has 1 saturated heterocycles. The molecule has 1 aliphatic rings. The van der Waals surface area contributed by atoms with Crippen molar-refractivity contribution in [3.8, 4) is 0 Å². The number of hydrogen-bond donors (Lipinski definition) is 3. The molecule has 71 heavy (non-hydrogen) atoms. The highest BCUT2D eigenvalue weighted by atomic mass is 16.7. The van der Waals surface area contributed by atoms with Gasteiger partial charge in [0.25, 0.3) is 0 Å². The van der Waals surface area contributed by atoms with Gasteiger partial charge < -0.3 is 39.0 Å². The SMILES string of the molecule is CC/C=C\C/C=C\C/C=C\C/C=C\CCC(=O)OC(COC(=O)CCCCCCC/C=C\C/C=C\C/C=C\CC)COC1OC(C(=O)O)C(O)C(O)C1OC(=O)CCCCCCC/C=C\CCCCCC. The minimum atomic E-state index is -1.92. The van der Waals surface area contributed by atoms with E-state index in [9.17, 15) is 34.5 Å². The molecule has 0 amide bonds. The molecule has 0 aromatic carbocycles. The molecule has 0 saturated carbocycles. The first-order chi connectivity index (χ1) is 34.6. The Bertz CT molecular complexity index is 1610. The van der Waals surface area contributed by atoms with Gasteiger partial charge in [0.2, 0.25) is 0 Å². The van der Waals surface area contributed by atoms with E-state index < -0.39 is 67.3 Å². The topological polar surface area (TPSA) is 175 Å². The van der Waals surface area contributed by atoms with Gasteiger partial charge in [0.1, 0.15) is 18.8 Å². The molecular formula is C59H94O12. The predicted molar refractivity (Wildman–Crippen MR) is 284 cm³/mol. The molecule has 0 aliphatic carbocycles. The normalized spacial score (nSPS) is 19.3. The third-order valence-corrected chi connectivity index (χ3v) is 11.6. The number of carbonyl (C=O) groups is 4. The Balaban J connectivity index is 2.78. The van der Waals surface area contributed by atoms with Crippen LogP contribution in [0.5, 0.6) is 0 Å². The van der Waals surface area contributed by atoms with Crippen LogP contribution in [0.4, 0.5) is 0 Å². The highest BCUT2D eigenvalue weighted by Gasteiger charge is 2.50. The molecule has 1 fully saturated rings. The largest absolute Gasteiger partial charge is 0.479 e. The van der Waals surface area contributed by atoms with Crippen LogP contribution in [0.15, 0.2) is 97.2 Å². The van der Waals surface area contributed by atoms with Gasteiger partial charge in [-0.2, -0.15) is 0 Å². The van der Waals surface area contributed by atoms with Gasteiger partial charge in [-0.05, 0) is 103 Å². The first-order valence-corrected chi connectivity index (χ1v) is 27.2. The molecule has 6 unspecified atom stereocenters. The van der Waals surface area contributed by atoms with Crippen LogP contribution in [0.25, 0.3) is 0 Å². The average Bonchev–Trinajstić information content (AvgIpc) is 3.35. The van der Waals surface area contributed by atoms with Gasteiger partial charge in [0, 0.05) is 19.3 Å². The van der Waals surface area contributed by atoms with Crippen molar-refractivity contribution < 1.29 is 58.2 Å². The Hall–Kier alpha value is -4.36. The number of unbranched alkanes of at least 4 members (excludes halogenated alkanes) is 14. The quantitative estimate of drug-likeness (QED) is 0.0228. The zero-order valence-electron chi connectivity index (χ0n) is 43.9. The standard InChI is InChI=1S/C59H94O12/c1-4-7-10-13-16-19-22-25-26-29-30-33-36-39-42-45-51(60)67-48-50(69-52(61)46-43-40-37-34-31-27-23-20-17-14-11-8-5-2)49-68-59-57(55(64)54(63)56(71-59)58(65)66)70-53(62)47-44-41-38-35-32-28-24-21-18-15-12-9-6-3/h7-8,10-11,16-17,19-21,24-27,31,37,40,50,54-57,59,63-64H,4-6,9,12-15,18,22-23,28-30,32-36,38-39,41-49H2,1-3H3,(H,65,66)/b10-7-,11-8-,19-16-,20-17-,24-21-,26-25-,31-27-,40-37-. The number of aliphatic carboxylic acids is 1. The summed E-state index contributed by atoms with van der Waals surface area (Å²) in [5.74, 6) is -3.28. The van der Waals surface area contributed by atoms with E-state index >= 15 is 0 Å². The maximum absolute atomic E-state index is 13.0. The first kappa shape index (κ1) is 64.7. The van der Waals surface area contributed by atoms with Gasteiger partial charge in [0.15, 0.2) is 24.6 Å². The molecule has 3 N–H and O–H groups in total. The molecule has 0 spiro atoms. The van der Waals surface area contributed by atoms with E-state index in [0.717, 1.165) is 109 Å². The number of carboxylic acid groups (broad SMARTS) is 1. The van der Waals surface area contributed by atoms with Crippen LogP contribution >= 0.6 is 0 Å². The smallest absolute Gasteiger partial charge is 0.335 e. The first-order valence-electron chi connectivity index (χ1n) is 27.2. The number of aliphatic hydroxyl groups excluding tert-OH is 2. The number of carboxylic acids is 1. The number of rotatable bonds is 44. The van der Waals surface area contributed by atoms with Gasteiger partial charge in [-0.15, -0.1) is 0 Å². The van der Waals surface area contributed by atoms with Crippen LogP contribution in [0, 0.1) is 0 Å². The highest BCUT2D eigenvalue weighted by molar-refractivity contribution is 5.74. The third-order valence-electron chi connectivity index (χ3n) is 11.6. The summed E-state index contributed by atoms with van der Waals surface area (Å²) >= 11 is 0. The van der Waals surface area contributed by atoms with E-state index in [4.69, 9.17) is 23.7 Å². The van der Waals surface area contributed by atoms with E-state index in [2.05, 4.69) is 106 Å². The Labute approximate surface area is 428 Å². The number of carbonyl (C=O) groups excluding carboxylic acids is 3. The van der Waals surface area contributed by atoms with Crippen LogP contribution in [-0.4, -0.2) is 89.2 Å². The van der Waals surface area contributed by atoms with E-state index in [1.807, 2.05) is 12.2 Å². The van der Waals surface area contributed by atoms with Crippen molar-refractivity contribution >= 4 is 23.9 Å². The fourth-order valence-electron chi connectivity index (χ4n) is 7.51. The molecule has 0 aromatic rings. The van der Waals surface area contributed by atoms with Crippen molar-refractivity contribution in [3.63, 3.8) is 0 Å². The minimum Gasteiger partial charge on any atom is -0.479 e. The van der Waals surface area contributed by atoms with Crippen LogP contribution in [0.1, 0.15) is 201 Å². The average molecular weight is 995 g/mol. The Morgan fingerprint density at radius 1 is 0.479 bits per heavy atom. The van der Waals surface area contributed by atoms with Crippen LogP contribution < -0.4 is 0 Å². The fraction of sp³-hybridized carbons (Fsp3) is 0.661. The maximum Gasteiger partial charge on any atom is 0.335 e. The van der Waals surface area contributed by atoms with Crippen molar-refractivity contribution in [3.05, 3.63) is 97.2 Å². The van der Waals surface area contributed by atoms with E-state index in [1.54, 1.807) is 0 Å². The lowest BCUT2D eigenvalue weighted by Gasteiger charge is -2.40. The van der Waals surface area contributed by atoms with Crippen molar-refractivity contribution in [1.29, 1.82) is 0 Å². The monoisotopic (exact) mass is 995 g/mol. The molecule has 0 radical (unpaired) electrons. The summed E-state index contributed by atoms with van der Waals surface area (Å²) < 4.78 is 28.2. The number of esters is 3. The lowest BCUT2D eigenvalue weighted by atomic mass is 9.98. The number of ether oxygens (including phenoxy) is 5. The minimum absolute atomic E-state index is 0.0326. The molecule has 1 rings (SSSR count). The van der Waals surface area contributed by atoms with Gasteiger partial charge in [0.05, 0.1) is 6.61 Å². The zero-order chi connectivity index (χ0) is 51.8. The second-order valence-corrected chi connectivity index (χ2v) is 18.1. The molecule has 12 heteroatoms. The van der Waals surface area contributed by atoms with E-state index in [0.29, 0.717) is 25.7 Å². The van der Waals surface area contributed by atoms with Gasteiger partial charge in [-0.3, -0.25) is 14.4 Å². The molecule has 1 aliphatic heterocycles. The highest BCUT2D eigenvalue weighted by Crippen LogP contribution is 2.26. The lowest BCUT2D eigenvalue weighted by molar-refractivity contribution is -0.301. The number of aliphatic hydroxyl groups is 2. The van der Waals surface area contributed by atoms with Crippen molar-refractivity contribution in [2.24, 2.45) is 0 Å². The fourth-order valence-corrected chi connectivity index (χ4v) is 7.51. The van der Waals surface area contributed by atoms with Crippen LogP contribution in [0.3, 0.4) is 0 Å². The summed E-state index contributed by atoms with van der Waals surface area (Å²) in [6, 6.07) is 0. The molecule has 402 valence electrons. The molecular weight excluding hydrogens is 901 g/mol. The van der Waals surface area contributed by atoms with E-state index in [1.165, 1.54) is 25.7 Å². The Kier molecular flexibility index (Phi) is 42.5.